The lowest BCUT2D eigenvalue weighted by atomic mass is 9.80. The molecule has 0 unspecified atom stereocenters. The summed E-state index contributed by atoms with van der Waals surface area (Å²) in [5.74, 6) is 0.166. The Kier molecular flexibility index (Phi) is 4.00. The first-order valence-corrected chi connectivity index (χ1v) is 6.79. The van der Waals surface area contributed by atoms with Crippen molar-refractivity contribution in [2.45, 2.75) is 19.8 Å². The molecule has 0 spiro atoms. The van der Waals surface area contributed by atoms with Gasteiger partial charge < -0.3 is 10.9 Å². The molecule has 1 aliphatic rings. The molecule has 7 nitrogen and oxygen atoms in total. The molecule has 3 N–H and O–H groups in total. The Labute approximate surface area is 102 Å². The van der Waals surface area contributed by atoms with E-state index in [4.69, 9.17) is 10.9 Å². The van der Waals surface area contributed by atoms with Crippen molar-refractivity contribution in [3.05, 3.63) is 0 Å². The Morgan fingerprint density at radius 1 is 1.41 bits per heavy atom. The fourth-order valence-corrected chi connectivity index (χ4v) is 2.92. The third-order valence-electron chi connectivity index (χ3n) is 3.34. The molecule has 1 rings (SSSR count). The summed E-state index contributed by atoms with van der Waals surface area (Å²) in [4.78, 5) is 0. The number of amidine groups is 1. The van der Waals surface area contributed by atoms with Gasteiger partial charge in [-0.1, -0.05) is 12.1 Å². The third-order valence-corrected chi connectivity index (χ3v) is 5.28. The summed E-state index contributed by atoms with van der Waals surface area (Å²) in [6.45, 7) is 2.64. The predicted octanol–water partition coefficient (Wildman–Crippen LogP) is -0.359. The zero-order chi connectivity index (χ0) is 13.3. The first-order chi connectivity index (χ1) is 7.74. The molecule has 0 bridgehead atoms. The van der Waals surface area contributed by atoms with Crippen molar-refractivity contribution in [1.82, 2.24) is 8.61 Å². The van der Waals surface area contributed by atoms with Crippen molar-refractivity contribution in [3.8, 4) is 0 Å². The van der Waals surface area contributed by atoms with Crippen molar-refractivity contribution in [3.63, 3.8) is 0 Å². The molecule has 0 aromatic carbocycles. The molecule has 0 atom stereocenters. The maximum absolute atomic E-state index is 11.9. The smallest absolute Gasteiger partial charge is 0.281 e. The average molecular weight is 264 g/mol. The van der Waals surface area contributed by atoms with Crippen LogP contribution in [0.25, 0.3) is 0 Å². The van der Waals surface area contributed by atoms with E-state index in [1.807, 2.05) is 6.92 Å². The van der Waals surface area contributed by atoms with Crippen molar-refractivity contribution in [2.75, 3.05) is 27.2 Å². The molecule has 0 amide bonds. The van der Waals surface area contributed by atoms with E-state index in [0.717, 1.165) is 0 Å². The van der Waals surface area contributed by atoms with Crippen LogP contribution in [-0.4, -0.2) is 55.3 Å². The van der Waals surface area contributed by atoms with E-state index in [1.165, 1.54) is 22.7 Å². The van der Waals surface area contributed by atoms with Crippen LogP contribution in [0.3, 0.4) is 0 Å². The second-order valence-electron chi connectivity index (χ2n) is 4.74. The molecule has 1 heterocycles. The fraction of sp³-hybridized carbons (Fsp3) is 0.889. The topological polar surface area (TPSA) is 99.2 Å². The van der Waals surface area contributed by atoms with Gasteiger partial charge in [0.2, 0.25) is 0 Å². The lowest BCUT2D eigenvalue weighted by Gasteiger charge is -2.38. The normalized spacial score (nSPS) is 22.9. The minimum atomic E-state index is -3.36. The molecule has 0 aromatic heterocycles. The first-order valence-electron chi connectivity index (χ1n) is 5.39. The first kappa shape index (κ1) is 14.2. The van der Waals surface area contributed by atoms with Crippen LogP contribution in [0.1, 0.15) is 19.8 Å². The van der Waals surface area contributed by atoms with Crippen LogP contribution >= 0.6 is 0 Å². The lowest BCUT2D eigenvalue weighted by Crippen LogP contribution is -2.50. The van der Waals surface area contributed by atoms with E-state index in [1.54, 1.807) is 0 Å². The van der Waals surface area contributed by atoms with Crippen LogP contribution < -0.4 is 5.73 Å². The summed E-state index contributed by atoms with van der Waals surface area (Å²) in [5, 5.41) is 11.7. The molecular weight excluding hydrogens is 244 g/mol. The molecule has 100 valence electrons. The average Bonchev–Trinajstić information content (AvgIpc) is 2.28. The molecule has 1 fully saturated rings. The van der Waals surface area contributed by atoms with Gasteiger partial charge in [0, 0.05) is 32.6 Å². The molecule has 1 saturated heterocycles. The van der Waals surface area contributed by atoms with E-state index in [9.17, 15) is 8.42 Å². The van der Waals surface area contributed by atoms with Crippen LogP contribution in [-0.2, 0) is 10.2 Å². The van der Waals surface area contributed by atoms with Gasteiger partial charge in [-0.15, -0.1) is 0 Å². The number of hydrogen-bond acceptors (Lipinski definition) is 4. The second-order valence-corrected chi connectivity index (χ2v) is 6.88. The monoisotopic (exact) mass is 264 g/mol. The maximum atomic E-state index is 11.9. The van der Waals surface area contributed by atoms with Gasteiger partial charge in [-0.05, 0) is 12.8 Å². The quantitative estimate of drug-likeness (QED) is 0.315. The molecule has 17 heavy (non-hydrogen) atoms. The van der Waals surface area contributed by atoms with E-state index in [2.05, 4.69) is 5.16 Å². The van der Waals surface area contributed by atoms with Gasteiger partial charge in [0.1, 0.15) is 5.84 Å². The fourth-order valence-electron chi connectivity index (χ4n) is 1.82. The second kappa shape index (κ2) is 4.79. The Bertz CT molecular complexity index is 396. The SMILES string of the molecule is CN(C)S(=O)(=O)N1CCC(C)(C(N)=NO)CC1. The van der Waals surface area contributed by atoms with Crippen LogP contribution in [0, 0.1) is 5.41 Å². The lowest BCUT2D eigenvalue weighted by molar-refractivity contribution is 0.223. The summed E-state index contributed by atoms with van der Waals surface area (Å²) in [7, 11) is -0.346. The van der Waals surface area contributed by atoms with Crippen molar-refractivity contribution < 1.29 is 13.6 Å². The zero-order valence-electron chi connectivity index (χ0n) is 10.4. The molecule has 0 saturated carbocycles. The Morgan fingerprint density at radius 3 is 2.24 bits per heavy atom. The number of rotatable bonds is 3. The molecule has 0 aromatic rings. The maximum Gasteiger partial charge on any atom is 0.281 e. The minimum absolute atomic E-state index is 0.166. The minimum Gasteiger partial charge on any atom is -0.409 e. The van der Waals surface area contributed by atoms with Crippen LogP contribution in [0.5, 0.6) is 0 Å². The summed E-state index contributed by atoms with van der Waals surface area (Å²) < 4.78 is 26.4. The van der Waals surface area contributed by atoms with Gasteiger partial charge in [-0.2, -0.15) is 17.0 Å². The predicted molar refractivity (Wildman–Crippen MR) is 64.9 cm³/mol. The number of nitrogens with zero attached hydrogens (tertiary/aromatic N) is 3. The summed E-state index contributed by atoms with van der Waals surface area (Å²) in [5.41, 5.74) is 5.19. The number of nitrogens with two attached hydrogens (primary N) is 1. The standard InChI is InChI=1S/C9H20N4O3S/c1-9(8(10)11-14)4-6-13(7-5-9)17(15,16)12(2)3/h14H,4-7H2,1-3H3,(H2,10,11). The molecule has 1 aliphatic heterocycles. The highest BCUT2D eigenvalue weighted by molar-refractivity contribution is 7.86. The Balaban J connectivity index is 2.76. The summed E-state index contributed by atoms with van der Waals surface area (Å²) >= 11 is 0. The van der Waals surface area contributed by atoms with E-state index in [-0.39, 0.29) is 5.84 Å². The molecular formula is C9H20N4O3S. The van der Waals surface area contributed by atoms with Crippen molar-refractivity contribution in [2.24, 2.45) is 16.3 Å². The highest BCUT2D eigenvalue weighted by Crippen LogP contribution is 2.32. The van der Waals surface area contributed by atoms with Gasteiger partial charge in [0.15, 0.2) is 0 Å². The van der Waals surface area contributed by atoms with Crippen LogP contribution in [0.4, 0.5) is 0 Å². The largest absolute Gasteiger partial charge is 0.409 e. The highest BCUT2D eigenvalue weighted by Gasteiger charge is 2.38. The molecule has 0 aliphatic carbocycles. The van der Waals surface area contributed by atoms with E-state index < -0.39 is 15.6 Å². The molecule has 0 radical (unpaired) electrons. The van der Waals surface area contributed by atoms with Crippen LogP contribution in [0.15, 0.2) is 5.16 Å². The highest BCUT2D eigenvalue weighted by atomic mass is 32.2. The van der Waals surface area contributed by atoms with Gasteiger partial charge in [0.05, 0.1) is 0 Å². The summed E-state index contributed by atoms with van der Waals surface area (Å²) in [6, 6.07) is 0. The Hall–Kier alpha value is -0.860. The van der Waals surface area contributed by atoms with Crippen molar-refractivity contribution in [1.29, 1.82) is 0 Å². The van der Waals surface area contributed by atoms with E-state index in [0.29, 0.717) is 25.9 Å². The Morgan fingerprint density at radius 2 is 1.88 bits per heavy atom. The van der Waals surface area contributed by atoms with Gasteiger partial charge in [-0.3, -0.25) is 0 Å². The zero-order valence-corrected chi connectivity index (χ0v) is 11.2. The number of oxime groups is 1. The number of hydrogen-bond donors (Lipinski definition) is 2. The molecule has 8 heteroatoms. The van der Waals surface area contributed by atoms with Gasteiger partial charge in [0.25, 0.3) is 10.2 Å². The van der Waals surface area contributed by atoms with Crippen molar-refractivity contribution >= 4 is 16.0 Å². The third kappa shape index (κ3) is 2.70. The van der Waals surface area contributed by atoms with Gasteiger partial charge >= 0.3 is 0 Å². The van der Waals surface area contributed by atoms with E-state index >= 15 is 0 Å². The number of piperidine rings is 1. The van der Waals surface area contributed by atoms with Gasteiger partial charge in [-0.25, -0.2) is 0 Å². The van der Waals surface area contributed by atoms with Crippen LogP contribution in [0.2, 0.25) is 0 Å². The summed E-state index contributed by atoms with van der Waals surface area (Å²) in [6.07, 6.45) is 1.10.